The van der Waals surface area contributed by atoms with Crippen molar-refractivity contribution in [3.05, 3.63) is 34.9 Å². The molecule has 5 heteroatoms. The highest BCUT2D eigenvalue weighted by Gasteiger charge is 2.30. The summed E-state index contributed by atoms with van der Waals surface area (Å²) in [5.41, 5.74) is 2.75. The van der Waals surface area contributed by atoms with Crippen molar-refractivity contribution < 1.29 is 13.2 Å². The minimum atomic E-state index is -3.51. The number of amides is 1. The molecule has 1 aromatic rings. The average Bonchev–Trinajstić information content (AvgIpc) is 2.51. The van der Waals surface area contributed by atoms with Gasteiger partial charge in [-0.2, -0.15) is 0 Å². The van der Waals surface area contributed by atoms with Crippen LogP contribution in [-0.2, 0) is 20.4 Å². The third-order valence-electron chi connectivity index (χ3n) is 4.72. The van der Waals surface area contributed by atoms with Crippen LogP contribution in [0.1, 0.15) is 55.7 Å². The number of nitrogens with one attached hydrogen (secondary N) is 1. The molecule has 0 aliphatic heterocycles. The summed E-state index contributed by atoms with van der Waals surface area (Å²) in [4.78, 5) is 12.3. The second-order valence-corrected chi connectivity index (χ2v) is 9.04. The highest BCUT2D eigenvalue weighted by molar-refractivity contribution is 7.92. The molecule has 1 aliphatic rings. The van der Waals surface area contributed by atoms with E-state index in [9.17, 15) is 13.2 Å². The maximum atomic E-state index is 12.6. The Hall–Kier alpha value is -1.36. The first-order chi connectivity index (χ1) is 10.8. The zero-order valence-corrected chi connectivity index (χ0v) is 15.1. The van der Waals surface area contributed by atoms with Crippen molar-refractivity contribution in [1.82, 2.24) is 5.32 Å². The average molecular weight is 337 g/mol. The van der Waals surface area contributed by atoms with Gasteiger partial charge in [0.15, 0.2) is 9.84 Å². The minimum absolute atomic E-state index is 0.0836. The zero-order valence-electron chi connectivity index (χ0n) is 14.3. The van der Waals surface area contributed by atoms with Crippen LogP contribution in [0.25, 0.3) is 0 Å². The number of benzene rings is 1. The van der Waals surface area contributed by atoms with Crippen molar-refractivity contribution in [2.75, 3.05) is 0 Å². The van der Waals surface area contributed by atoms with Crippen LogP contribution >= 0.6 is 0 Å². The van der Waals surface area contributed by atoms with Crippen molar-refractivity contribution in [1.29, 1.82) is 0 Å². The van der Waals surface area contributed by atoms with E-state index >= 15 is 0 Å². The van der Waals surface area contributed by atoms with Crippen LogP contribution in [0.3, 0.4) is 0 Å². The van der Waals surface area contributed by atoms with Crippen LogP contribution in [0.15, 0.2) is 18.2 Å². The molecule has 0 spiro atoms. The minimum Gasteiger partial charge on any atom is -0.352 e. The summed E-state index contributed by atoms with van der Waals surface area (Å²) in [6.07, 6.45) is 5.32. The van der Waals surface area contributed by atoms with Crippen molar-refractivity contribution in [2.45, 2.75) is 69.9 Å². The third kappa shape index (κ3) is 4.80. The lowest BCUT2D eigenvalue weighted by atomic mass is 9.95. The fourth-order valence-corrected chi connectivity index (χ4v) is 4.41. The topological polar surface area (TPSA) is 63.2 Å². The predicted molar refractivity (Wildman–Crippen MR) is 93.0 cm³/mol. The molecule has 0 saturated heterocycles. The van der Waals surface area contributed by atoms with E-state index in [0.29, 0.717) is 0 Å². The van der Waals surface area contributed by atoms with Gasteiger partial charge in [-0.15, -0.1) is 0 Å². The Balaban J connectivity index is 2.05. The molecule has 1 saturated carbocycles. The standard InChI is InChI=1S/C18H27NO3S/c1-13-9-10-14(2)16(11-13)12-23(21,22)15(3)18(20)19-17-7-5-4-6-8-17/h9-11,15,17H,4-8,12H2,1-3H3,(H,19,20). The molecule has 0 aromatic heterocycles. The van der Waals surface area contributed by atoms with Gasteiger partial charge in [-0.25, -0.2) is 8.42 Å². The monoisotopic (exact) mass is 337 g/mol. The van der Waals surface area contributed by atoms with E-state index in [4.69, 9.17) is 0 Å². The molecular weight excluding hydrogens is 310 g/mol. The van der Waals surface area contributed by atoms with Crippen LogP contribution in [-0.4, -0.2) is 25.6 Å². The van der Waals surface area contributed by atoms with Crippen LogP contribution in [0.2, 0.25) is 0 Å². The number of sulfone groups is 1. The van der Waals surface area contributed by atoms with E-state index < -0.39 is 15.1 Å². The van der Waals surface area contributed by atoms with Crippen LogP contribution in [0, 0.1) is 13.8 Å². The van der Waals surface area contributed by atoms with E-state index in [2.05, 4.69) is 5.32 Å². The SMILES string of the molecule is Cc1ccc(C)c(CS(=O)(=O)C(C)C(=O)NC2CCCCC2)c1. The Morgan fingerprint density at radius 3 is 2.52 bits per heavy atom. The molecule has 23 heavy (non-hydrogen) atoms. The number of carbonyl (C=O) groups excluding carboxylic acids is 1. The van der Waals surface area contributed by atoms with Crippen molar-refractivity contribution in [2.24, 2.45) is 0 Å². The fourth-order valence-electron chi connectivity index (χ4n) is 3.03. The Bertz CT molecular complexity index is 661. The van der Waals surface area contributed by atoms with Gasteiger partial charge in [-0.3, -0.25) is 4.79 Å². The molecule has 128 valence electrons. The summed E-state index contributed by atoms with van der Waals surface area (Å²) in [5.74, 6) is -0.443. The highest BCUT2D eigenvalue weighted by Crippen LogP contribution is 2.20. The molecule has 1 atom stereocenters. The lowest BCUT2D eigenvalue weighted by Gasteiger charge is -2.24. The molecule has 1 unspecified atom stereocenters. The number of aryl methyl sites for hydroxylation is 2. The summed E-state index contributed by atoms with van der Waals surface area (Å²) < 4.78 is 25.2. The van der Waals surface area contributed by atoms with Gasteiger partial charge in [0.05, 0.1) is 5.75 Å². The Labute approximate surface area is 139 Å². The van der Waals surface area contributed by atoms with Gasteiger partial charge in [0, 0.05) is 6.04 Å². The molecule has 0 bridgehead atoms. The molecular formula is C18H27NO3S. The maximum Gasteiger partial charge on any atom is 0.238 e. The highest BCUT2D eigenvalue weighted by atomic mass is 32.2. The first kappa shape index (κ1) is 18.0. The summed E-state index contributed by atoms with van der Waals surface area (Å²) in [5, 5.41) is 1.91. The molecule has 1 aromatic carbocycles. The normalized spacial score (nSPS) is 17.7. The van der Waals surface area contributed by atoms with E-state index in [1.165, 1.54) is 13.3 Å². The van der Waals surface area contributed by atoms with Crippen molar-refractivity contribution in [3.63, 3.8) is 0 Å². The quantitative estimate of drug-likeness (QED) is 0.898. The van der Waals surface area contributed by atoms with Crippen molar-refractivity contribution in [3.8, 4) is 0 Å². The van der Waals surface area contributed by atoms with Gasteiger partial charge in [0.25, 0.3) is 0 Å². The lowest BCUT2D eigenvalue weighted by Crippen LogP contribution is -2.44. The summed E-state index contributed by atoms with van der Waals surface area (Å²) in [6.45, 7) is 5.34. The van der Waals surface area contributed by atoms with Crippen LogP contribution in [0.4, 0.5) is 0 Å². The van der Waals surface area contributed by atoms with E-state index in [-0.39, 0.29) is 17.7 Å². The molecule has 1 amide bonds. The summed E-state index contributed by atoms with van der Waals surface area (Å²) in [7, 11) is -3.51. The second kappa shape index (κ2) is 7.47. The molecule has 2 rings (SSSR count). The van der Waals surface area contributed by atoms with Gasteiger partial charge in [0.1, 0.15) is 5.25 Å². The second-order valence-electron chi connectivity index (χ2n) is 6.72. The fraction of sp³-hybridized carbons (Fsp3) is 0.611. The number of hydrogen-bond acceptors (Lipinski definition) is 3. The summed E-state index contributed by atoms with van der Waals surface area (Å²) >= 11 is 0. The maximum absolute atomic E-state index is 12.6. The first-order valence-electron chi connectivity index (χ1n) is 8.37. The van der Waals surface area contributed by atoms with Gasteiger partial charge in [0.2, 0.25) is 5.91 Å². The molecule has 1 N–H and O–H groups in total. The molecule has 0 heterocycles. The van der Waals surface area contributed by atoms with Gasteiger partial charge in [-0.1, -0.05) is 43.0 Å². The molecule has 0 radical (unpaired) electrons. The Morgan fingerprint density at radius 1 is 1.22 bits per heavy atom. The molecule has 1 fully saturated rings. The van der Waals surface area contributed by atoms with E-state index in [0.717, 1.165) is 42.4 Å². The Morgan fingerprint density at radius 2 is 1.87 bits per heavy atom. The molecule has 1 aliphatic carbocycles. The van der Waals surface area contributed by atoms with E-state index in [1.807, 2.05) is 32.0 Å². The smallest absolute Gasteiger partial charge is 0.238 e. The number of hydrogen-bond donors (Lipinski definition) is 1. The first-order valence-corrected chi connectivity index (χ1v) is 10.1. The number of carbonyl (C=O) groups is 1. The lowest BCUT2D eigenvalue weighted by molar-refractivity contribution is -0.121. The predicted octanol–water partition coefficient (Wildman–Crippen LogP) is 3.06. The number of rotatable bonds is 5. The largest absolute Gasteiger partial charge is 0.352 e. The third-order valence-corrected chi connectivity index (χ3v) is 6.73. The van der Waals surface area contributed by atoms with Crippen LogP contribution < -0.4 is 5.32 Å². The van der Waals surface area contributed by atoms with Crippen molar-refractivity contribution >= 4 is 15.7 Å². The van der Waals surface area contributed by atoms with Gasteiger partial charge < -0.3 is 5.32 Å². The molecule has 4 nitrogen and oxygen atoms in total. The van der Waals surface area contributed by atoms with Gasteiger partial charge >= 0.3 is 0 Å². The van der Waals surface area contributed by atoms with Crippen LogP contribution in [0.5, 0.6) is 0 Å². The van der Waals surface area contributed by atoms with Gasteiger partial charge in [-0.05, 0) is 44.7 Å². The Kier molecular flexibility index (Phi) is 5.84. The zero-order chi connectivity index (χ0) is 17.0. The van der Waals surface area contributed by atoms with E-state index in [1.54, 1.807) is 0 Å². The summed E-state index contributed by atoms with van der Waals surface area (Å²) in [6, 6.07) is 5.91.